The largest absolute Gasteiger partial charge is 0.249 e. The Hall–Kier alpha value is -2.09. The van der Waals surface area contributed by atoms with Gasteiger partial charge in [-0.2, -0.15) is 4.57 Å². The molecule has 2 atom stereocenters. The van der Waals surface area contributed by atoms with E-state index in [4.69, 9.17) is 0 Å². The Kier molecular flexibility index (Phi) is 3.56. The summed E-state index contributed by atoms with van der Waals surface area (Å²) in [6, 6.07) is 9.94. The molecule has 0 radical (unpaired) electrons. The number of rotatable bonds is 1. The van der Waals surface area contributed by atoms with Gasteiger partial charge in [0.1, 0.15) is 5.69 Å². The summed E-state index contributed by atoms with van der Waals surface area (Å²) in [5, 5.41) is 0. The van der Waals surface area contributed by atoms with Crippen molar-refractivity contribution < 1.29 is 4.57 Å². The van der Waals surface area contributed by atoms with Crippen LogP contribution in [0.3, 0.4) is 0 Å². The van der Waals surface area contributed by atoms with Crippen molar-refractivity contribution in [3.05, 3.63) is 58.4 Å². The van der Waals surface area contributed by atoms with Crippen molar-refractivity contribution in [3.63, 3.8) is 0 Å². The molecule has 0 saturated heterocycles. The number of aryl methyl sites for hydroxylation is 2. The fraction of sp³-hybridized carbons (Fsp3) is 0.552. The highest BCUT2D eigenvalue weighted by Gasteiger charge is 2.57. The van der Waals surface area contributed by atoms with Crippen LogP contribution in [0.1, 0.15) is 100 Å². The van der Waals surface area contributed by atoms with Gasteiger partial charge in [0.15, 0.2) is 11.0 Å². The van der Waals surface area contributed by atoms with E-state index in [2.05, 4.69) is 95.2 Å². The number of nitrogens with zero attached hydrogens (tertiary/aromatic N) is 2. The fourth-order valence-corrected chi connectivity index (χ4v) is 7.41. The van der Waals surface area contributed by atoms with Crippen LogP contribution in [0.5, 0.6) is 0 Å². The second-order valence-corrected chi connectivity index (χ2v) is 12.3. The molecule has 3 aromatic rings. The van der Waals surface area contributed by atoms with Crippen LogP contribution in [0, 0.1) is 12.3 Å². The molecule has 0 aliphatic heterocycles. The maximum atomic E-state index is 2.51. The molecule has 2 bridgehead atoms. The molecular weight excluding hydrogens is 376 g/mol. The monoisotopic (exact) mass is 413 g/mol. The molecule has 1 heterocycles. The normalized spacial score (nSPS) is 26.5. The predicted octanol–water partition coefficient (Wildman–Crippen LogP) is 6.72. The summed E-state index contributed by atoms with van der Waals surface area (Å²) in [5.74, 6) is 1.61. The van der Waals surface area contributed by atoms with Crippen molar-refractivity contribution in [2.75, 3.05) is 0 Å². The number of benzene rings is 2. The highest BCUT2D eigenvalue weighted by Crippen LogP contribution is 2.62. The first-order valence-electron chi connectivity index (χ1n) is 12.2. The van der Waals surface area contributed by atoms with Gasteiger partial charge in [-0.25, -0.2) is 4.57 Å². The average molecular weight is 414 g/mol. The molecule has 2 nitrogen and oxygen atoms in total. The number of imidazole rings is 1. The zero-order valence-electron chi connectivity index (χ0n) is 20.6. The van der Waals surface area contributed by atoms with Gasteiger partial charge in [-0.15, -0.1) is 0 Å². The van der Waals surface area contributed by atoms with Crippen LogP contribution in [-0.2, 0) is 17.9 Å². The lowest BCUT2D eigenvalue weighted by Crippen LogP contribution is -2.42. The third kappa shape index (κ3) is 2.17. The van der Waals surface area contributed by atoms with E-state index in [9.17, 15) is 0 Å². The van der Waals surface area contributed by atoms with Gasteiger partial charge in [0, 0.05) is 0 Å². The van der Waals surface area contributed by atoms with E-state index in [1.807, 2.05) is 0 Å². The van der Waals surface area contributed by atoms with Crippen LogP contribution >= 0.6 is 0 Å². The molecule has 0 N–H and O–H groups in total. The molecule has 2 aromatic carbocycles. The van der Waals surface area contributed by atoms with Gasteiger partial charge in [0.2, 0.25) is 6.33 Å². The van der Waals surface area contributed by atoms with E-state index in [1.54, 1.807) is 11.1 Å². The topological polar surface area (TPSA) is 8.81 Å². The van der Waals surface area contributed by atoms with Crippen molar-refractivity contribution in [2.24, 2.45) is 12.5 Å². The SMILES string of the molecule is Cc1cc(-n2c[n+](C)c3cc4c(cc32)C(C)(C)C(C)(C)C4(C)C)cc2c1C1CCC2C1. The van der Waals surface area contributed by atoms with Gasteiger partial charge in [-0.3, -0.25) is 0 Å². The Balaban J connectivity index is 1.60. The molecule has 162 valence electrons. The number of fused-ring (bicyclic) bond motifs is 7. The summed E-state index contributed by atoms with van der Waals surface area (Å²) in [5.41, 5.74) is 12.3. The summed E-state index contributed by atoms with van der Waals surface area (Å²) in [7, 11) is 2.20. The van der Waals surface area contributed by atoms with E-state index >= 15 is 0 Å². The maximum Gasteiger partial charge on any atom is 0.249 e. The minimum atomic E-state index is 0.126. The summed E-state index contributed by atoms with van der Waals surface area (Å²) >= 11 is 0. The molecular formula is C29H37N2+. The lowest BCUT2D eigenvalue weighted by Gasteiger charge is -2.44. The third-order valence-electron chi connectivity index (χ3n) is 10.5. The number of hydrogen-bond acceptors (Lipinski definition) is 0. The molecule has 1 aromatic heterocycles. The van der Waals surface area contributed by atoms with Gasteiger partial charge in [-0.05, 0) is 106 Å². The van der Waals surface area contributed by atoms with Gasteiger partial charge in [0.05, 0.1) is 7.05 Å². The molecule has 3 aliphatic rings. The van der Waals surface area contributed by atoms with Crippen molar-refractivity contribution >= 4 is 11.0 Å². The zero-order valence-corrected chi connectivity index (χ0v) is 20.6. The first kappa shape index (κ1) is 19.6. The Labute approximate surface area is 187 Å². The third-order valence-corrected chi connectivity index (χ3v) is 10.5. The lowest BCUT2D eigenvalue weighted by molar-refractivity contribution is -0.645. The highest BCUT2D eigenvalue weighted by molar-refractivity contribution is 5.79. The molecule has 2 unspecified atom stereocenters. The fourth-order valence-electron chi connectivity index (χ4n) is 7.41. The molecule has 2 heteroatoms. The van der Waals surface area contributed by atoms with Crippen molar-refractivity contribution in [1.82, 2.24) is 4.57 Å². The second kappa shape index (κ2) is 5.63. The molecule has 6 rings (SSSR count). The summed E-state index contributed by atoms with van der Waals surface area (Å²) < 4.78 is 4.77. The standard InChI is InChI=1S/C29H37N2/c1-17-11-20(13-21-18-9-10-19(12-18)26(17)21)31-16-30(8)24-14-22-23(15-25(24)31)28(4,5)29(6,7)27(22,2)3/h11,13-16,18-19H,9-10,12H2,1-8H3/q+1. The Morgan fingerprint density at radius 2 is 1.52 bits per heavy atom. The van der Waals surface area contributed by atoms with E-state index in [0.29, 0.717) is 0 Å². The molecule has 0 amide bonds. The van der Waals surface area contributed by atoms with Crippen LogP contribution < -0.4 is 4.57 Å². The molecule has 1 fully saturated rings. The van der Waals surface area contributed by atoms with Crippen molar-refractivity contribution in [3.8, 4) is 5.69 Å². The summed E-state index contributed by atoms with van der Waals surface area (Å²) in [6.07, 6.45) is 6.45. The minimum absolute atomic E-state index is 0.126. The maximum absolute atomic E-state index is 2.51. The van der Waals surface area contributed by atoms with Gasteiger partial charge < -0.3 is 0 Å². The number of aromatic nitrogens is 2. The first-order chi connectivity index (χ1) is 14.4. The van der Waals surface area contributed by atoms with Crippen molar-refractivity contribution in [1.29, 1.82) is 0 Å². The van der Waals surface area contributed by atoms with Crippen LogP contribution in [-0.4, -0.2) is 4.57 Å². The van der Waals surface area contributed by atoms with Crippen molar-refractivity contribution in [2.45, 2.75) is 90.4 Å². The minimum Gasteiger partial charge on any atom is -0.232 e. The lowest BCUT2D eigenvalue weighted by atomic mass is 9.59. The quantitative estimate of drug-likeness (QED) is 0.391. The molecule has 31 heavy (non-hydrogen) atoms. The highest BCUT2D eigenvalue weighted by atomic mass is 15.1. The Bertz CT molecular complexity index is 1270. The van der Waals surface area contributed by atoms with Crippen LogP contribution in [0.25, 0.3) is 16.7 Å². The molecule has 0 spiro atoms. The van der Waals surface area contributed by atoms with E-state index in [1.165, 1.54) is 52.7 Å². The summed E-state index contributed by atoms with van der Waals surface area (Å²) in [6.45, 7) is 17.0. The van der Waals surface area contributed by atoms with Gasteiger partial charge >= 0.3 is 0 Å². The van der Waals surface area contributed by atoms with E-state index < -0.39 is 0 Å². The van der Waals surface area contributed by atoms with Crippen LogP contribution in [0.15, 0.2) is 30.6 Å². The first-order valence-corrected chi connectivity index (χ1v) is 12.2. The van der Waals surface area contributed by atoms with E-state index in [-0.39, 0.29) is 16.2 Å². The smallest absolute Gasteiger partial charge is 0.232 e. The second-order valence-electron chi connectivity index (χ2n) is 12.3. The molecule has 3 aliphatic carbocycles. The number of hydrogen-bond donors (Lipinski definition) is 0. The van der Waals surface area contributed by atoms with Gasteiger partial charge in [0.25, 0.3) is 0 Å². The summed E-state index contributed by atoms with van der Waals surface area (Å²) in [4.78, 5) is 0. The molecule has 1 saturated carbocycles. The van der Waals surface area contributed by atoms with Gasteiger partial charge in [-0.1, -0.05) is 41.5 Å². The average Bonchev–Trinajstić information content (AvgIpc) is 3.42. The Morgan fingerprint density at radius 3 is 2.23 bits per heavy atom. The van der Waals surface area contributed by atoms with E-state index in [0.717, 1.165) is 11.8 Å². The Morgan fingerprint density at radius 1 is 0.871 bits per heavy atom. The van der Waals surface area contributed by atoms with Crippen LogP contribution in [0.4, 0.5) is 0 Å². The zero-order chi connectivity index (χ0) is 22.1. The predicted molar refractivity (Wildman–Crippen MR) is 128 cm³/mol. The van der Waals surface area contributed by atoms with Crippen LogP contribution in [0.2, 0.25) is 0 Å².